The van der Waals surface area contributed by atoms with E-state index in [-0.39, 0.29) is 5.91 Å². The number of amides is 1. The average Bonchev–Trinajstić information content (AvgIpc) is 3.31. The largest absolute Gasteiger partial charge is 0.460 e. The van der Waals surface area contributed by atoms with Gasteiger partial charge in [-0.05, 0) is 43.5 Å². The number of aromatic nitrogens is 2. The zero-order valence-corrected chi connectivity index (χ0v) is 16.6. The maximum absolute atomic E-state index is 12.8. The number of nitrogens with zero attached hydrogens (tertiary/aromatic N) is 2. The molecule has 148 valence electrons. The third-order valence-corrected chi connectivity index (χ3v) is 4.16. The highest BCUT2D eigenvalue weighted by atomic mass is 16.5. The van der Waals surface area contributed by atoms with Gasteiger partial charge in [-0.2, -0.15) is 5.10 Å². The van der Waals surface area contributed by atoms with E-state index in [9.17, 15) is 4.79 Å². The van der Waals surface area contributed by atoms with Crippen LogP contribution in [0.1, 0.15) is 36.4 Å². The highest BCUT2D eigenvalue weighted by molar-refractivity contribution is 5.99. The molecule has 6 heteroatoms. The number of benzene rings is 1. The van der Waals surface area contributed by atoms with E-state index in [1.165, 1.54) is 0 Å². The van der Waals surface area contributed by atoms with Crippen LogP contribution in [-0.2, 0) is 4.74 Å². The first-order chi connectivity index (χ1) is 13.5. The van der Waals surface area contributed by atoms with Crippen LogP contribution in [0.25, 0.3) is 17.1 Å². The van der Waals surface area contributed by atoms with Crippen molar-refractivity contribution >= 4 is 5.91 Å². The van der Waals surface area contributed by atoms with Crippen LogP contribution in [0, 0.1) is 12.8 Å². The molecule has 0 aliphatic heterocycles. The summed E-state index contributed by atoms with van der Waals surface area (Å²) in [6.07, 6.45) is 2.51. The van der Waals surface area contributed by atoms with Gasteiger partial charge in [0.2, 0.25) is 0 Å². The lowest BCUT2D eigenvalue weighted by Crippen LogP contribution is -2.25. The molecule has 3 rings (SSSR count). The molecule has 0 atom stereocenters. The fourth-order valence-corrected chi connectivity index (χ4v) is 2.79. The number of furan rings is 1. The molecule has 1 amide bonds. The number of aryl methyl sites for hydroxylation is 1. The van der Waals surface area contributed by atoms with Crippen LogP contribution in [0.2, 0.25) is 0 Å². The molecule has 0 aliphatic carbocycles. The summed E-state index contributed by atoms with van der Waals surface area (Å²) < 4.78 is 13.0. The molecule has 0 saturated heterocycles. The summed E-state index contributed by atoms with van der Waals surface area (Å²) in [4.78, 5) is 12.8. The number of rotatable bonds is 9. The van der Waals surface area contributed by atoms with E-state index < -0.39 is 0 Å². The number of ether oxygens (including phenoxy) is 1. The van der Waals surface area contributed by atoms with Gasteiger partial charge in [-0.25, -0.2) is 4.68 Å². The Morgan fingerprint density at radius 1 is 1.21 bits per heavy atom. The highest BCUT2D eigenvalue weighted by Gasteiger charge is 2.20. The zero-order chi connectivity index (χ0) is 19.9. The van der Waals surface area contributed by atoms with Gasteiger partial charge in [-0.3, -0.25) is 4.79 Å². The predicted molar refractivity (Wildman–Crippen MR) is 109 cm³/mol. The molecule has 1 N–H and O–H groups in total. The molecule has 0 unspecified atom stereocenters. The molecular weight excluding hydrogens is 354 g/mol. The van der Waals surface area contributed by atoms with Crippen LogP contribution in [-0.4, -0.2) is 35.4 Å². The van der Waals surface area contributed by atoms with Crippen LogP contribution in [0.4, 0.5) is 0 Å². The van der Waals surface area contributed by atoms with Gasteiger partial charge in [-0.15, -0.1) is 0 Å². The number of hydrogen-bond donors (Lipinski definition) is 1. The normalized spacial score (nSPS) is 11.1. The Kier molecular flexibility index (Phi) is 6.66. The molecule has 28 heavy (non-hydrogen) atoms. The van der Waals surface area contributed by atoms with E-state index in [0.29, 0.717) is 36.1 Å². The van der Waals surface area contributed by atoms with Crippen molar-refractivity contribution in [1.29, 1.82) is 0 Å². The van der Waals surface area contributed by atoms with Crippen molar-refractivity contribution in [2.24, 2.45) is 5.92 Å². The highest BCUT2D eigenvalue weighted by Crippen LogP contribution is 2.25. The van der Waals surface area contributed by atoms with Crippen molar-refractivity contribution in [3.63, 3.8) is 0 Å². The summed E-state index contributed by atoms with van der Waals surface area (Å²) in [7, 11) is 0. The molecular formula is C22H27N3O3. The second-order valence-electron chi connectivity index (χ2n) is 7.16. The van der Waals surface area contributed by atoms with E-state index in [4.69, 9.17) is 9.15 Å². The Balaban J connectivity index is 1.73. The summed E-state index contributed by atoms with van der Waals surface area (Å²) in [5.41, 5.74) is 1.90. The molecule has 0 bridgehead atoms. The van der Waals surface area contributed by atoms with Crippen LogP contribution >= 0.6 is 0 Å². The summed E-state index contributed by atoms with van der Waals surface area (Å²) in [6.45, 7) is 8.01. The molecule has 2 heterocycles. The lowest BCUT2D eigenvalue weighted by atomic mass is 10.2. The van der Waals surface area contributed by atoms with Crippen molar-refractivity contribution in [1.82, 2.24) is 15.1 Å². The Bertz CT molecular complexity index is 897. The van der Waals surface area contributed by atoms with Gasteiger partial charge in [0.1, 0.15) is 11.5 Å². The summed E-state index contributed by atoms with van der Waals surface area (Å²) >= 11 is 0. The van der Waals surface area contributed by atoms with E-state index in [1.54, 1.807) is 10.9 Å². The first-order valence-corrected chi connectivity index (χ1v) is 9.62. The van der Waals surface area contributed by atoms with Crippen LogP contribution in [0.15, 0.2) is 53.1 Å². The number of hydrogen-bond acceptors (Lipinski definition) is 4. The fourth-order valence-electron chi connectivity index (χ4n) is 2.79. The van der Waals surface area contributed by atoms with Gasteiger partial charge in [0.25, 0.3) is 5.91 Å². The molecule has 0 aliphatic rings. The zero-order valence-electron chi connectivity index (χ0n) is 16.6. The third kappa shape index (κ3) is 5.10. The first kappa shape index (κ1) is 19.9. The molecule has 0 saturated carbocycles. The van der Waals surface area contributed by atoms with E-state index >= 15 is 0 Å². The average molecular weight is 381 g/mol. The lowest BCUT2D eigenvalue weighted by molar-refractivity contribution is 0.0925. The van der Waals surface area contributed by atoms with E-state index in [2.05, 4.69) is 24.3 Å². The number of nitrogens with one attached hydrogen (secondary N) is 1. The first-order valence-electron chi connectivity index (χ1n) is 9.62. The molecule has 0 spiro atoms. The summed E-state index contributed by atoms with van der Waals surface area (Å²) in [5.74, 6) is 1.70. The molecule has 2 aromatic heterocycles. The minimum Gasteiger partial charge on any atom is -0.460 e. The maximum atomic E-state index is 12.8. The van der Waals surface area contributed by atoms with Crippen molar-refractivity contribution in [3.8, 4) is 17.1 Å². The third-order valence-electron chi connectivity index (χ3n) is 4.16. The number of carbonyl (C=O) groups is 1. The van der Waals surface area contributed by atoms with Gasteiger partial charge in [0, 0.05) is 26.0 Å². The van der Waals surface area contributed by atoms with E-state index in [1.807, 2.05) is 49.4 Å². The lowest BCUT2D eigenvalue weighted by Gasteiger charge is -2.07. The topological polar surface area (TPSA) is 69.3 Å². The number of para-hydroxylation sites is 1. The summed E-state index contributed by atoms with van der Waals surface area (Å²) in [6, 6.07) is 13.4. The van der Waals surface area contributed by atoms with Crippen molar-refractivity contribution in [3.05, 3.63) is 60.0 Å². The Hall–Kier alpha value is -2.86. The van der Waals surface area contributed by atoms with Gasteiger partial charge >= 0.3 is 0 Å². The smallest absolute Gasteiger partial charge is 0.255 e. The SMILES string of the molecule is Cc1ccc(-c2nn(-c3ccccc3)cc2C(=O)NCCCOCC(C)C)o1. The second-order valence-corrected chi connectivity index (χ2v) is 7.16. The fraction of sp³-hybridized carbons (Fsp3) is 0.364. The second kappa shape index (κ2) is 9.37. The van der Waals surface area contributed by atoms with E-state index in [0.717, 1.165) is 24.5 Å². The predicted octanol–water partition coefficient (Wildman–Crippen LogP) is 4.23. The van der Waals surface area contributed by atoms with Crippen molar-refractivity contribution < 1.29 is 13.9 Å². The van der Waals surface area contributed by atoms with Crippen LogP contribution in [0.3, 0.4) is 0 Å². The molecule has 1 aromatic carbocycles. The Labute approximate surface area is 165 Å². The standard InChI is InChI=1S/C22H27N3O3/c1-16(2)15-27-13-7-12-23-22(26)19-14-25(18-8-5-4-6-9-18)24-21(19)20-11-10-17(3)28-20/h4-6,8-11,14,16H,7,12-13,15H2,1-3H3,(H,23,26). The quantitative estimate of drug-likeness (QED) is 0.563. The minimum atomic E-state index is -0.171. The van der Waals surface area contributed by atoms with Crippen molar-refractivity contribution in [2.75, 3.05) is 19.8 Å². The van der Waals surface area contributed by atoms with Gasteiger partial charge in [0.05, 0.1) is 11.3 Å². The molecule has 6 nitrogen and oxygen atoms in total. The molecule has 3 aromatic rings. The minimum absolute atomic E-state index is 0.171. The van der Waals surface area contributed by atoms with Crippen molar-refractivity contribution in [2.45, 2.75) is 27.2 Å². The van der Waals surface area contributed by atoms with Crippen LogP contribution < -0.4 is 5.32 Å². The van der Waals surface area contributed by atoms with Gasteiger partial charge in [0.15, 0.2) is 5.76 Å². The molecule has 0 fully saturated rings. The molecule has 0 radical (unpaired) electrons. The maximum Gasteiger partial charge on any atom is 0.255 e. The van der Waals surface area contributed by atoms with Gasteiger partial charge in [-0.1, -0.05) is 32.0 Å². The Morgan fingerprint density at radius 2 is 2.00 bits per heavy atom. The number of carbonyl (C=O) groups excluding carboxylic acids is 1. The monoisotopic (exact) mass is 381 g/mol. The van der Waals surface area contributed by atoms with Crippen LogP contribution in [0.5, 0.6) is 0 Å². The summed E-state index contributed by atoms with van der Waals surface area (Å²) in [5, 5.41) is 7.55. The Morgan fingerprint density at radius 3 is 2.68 bits per heavy atom. The van der Waals surface area contributed by atoms with Gasteiger partial charge < -0.3 is 14.5 Å².